The minimum Gasteiger partial charge on any atom is -0.394 e. The molecule has 6 nitrogen and oxygen atoms in total. The van der Waals surface area contributed by atoms with Gasteiger partial charge in [-0.15, -0.1) is 0 Å². The maximum atomic E-state index is 9.58. The number of ether oxygens (including phenoxy) is 2. The highest BCUT2D eigenvalue weighted by atomic mass is 16.7. The molecule has 1 aliphatic heterocycles. The third-order valence-corrected chi connectivity index (χ3v) is 2.33. The minimum atomic E-state index is -1.18. The van der Waals surface area contributed by atoms with Crippen molar-refractivity contribution in [1.82, 2.24) is 0 Å². The van der Waals surface area contributed by atoms with Crippen molar-refractivity contribution in [3.8, 4) is 0 Å². The quantitative estimate of drug-likeness (QED) is 0.447. The van der Waals surface area contributed by atoms with E-state index in [0.717, 1.165) is 0 Å². The number of hydrogen-bond donors (Lipinski definition) is 4. The molecule has 5 N–H and O–H groups in total. The lowest BCUT2D eigenvalue weighted by atomic mass is 9.98. The summed E-state index contributed by atoms with van der Waals surface area (Å²) in [5, 5.41) is 28.0. The van der Waals surface area contributed by atoms with Crippen LogP contribution in [0.25, 0.3) is 0 Å². The summed E-state index contributed by atoms with van der Waals surface area (Å²) in [5.74, 6) is 0. The fraction of sp³-hybridized carbons (Fsp3) is 1.00. The number of hydrogen-bond acceptors (Lipinski definition) is 6. The van der Waals surface area contributed by atoms with E-state index >= 15 is 0 Å². The average Bonchev–Trinajstić information content (AvgIpc) is 2.18. The lowest BCUT2D eigenvalue weighted by Gasteiger charge is -2.40. The average molecular weight is 221 g/mol. The second-order valence-corrected chi connectivity index (χ2v) is 3.97. The lowest BCUT2D eigenvalue weighted by Crippen LogP contribution is -2.62. The summed E-state index contributed by atoms with van der Waals surface area (Å²) in [7, 11) is 0. The molecule has 0 radical (unpaired) electrons. The van der Waals surface area contributed by atoms with Crippen LogP contribution in [-0.2, 0) is 9.47 Å². The molecule has 0 aromatic rings. The first-order chi connectivity index (χ1) is 6.97. The fourth-order valence-electron chi connectivity index (χ4n) is 1.49. The molecule has 90 valence electrons. The molecule has 6 heteroatoms. The molecule has 1 fully saturated rings. The Morgan fingerprint density at radius 1 is 1.33 bits per heavy atom. The monoisotopic (exact) mass is 221 g/mol. The highest BCUT2D eigenvalue weighted by Gasteiger charge is 2.43. The Balaban J connectivity index is 2.65. The topological polar surface area (TPSA) is 105 Å². The Bertz CT molecular complexity index is 199. The van der Waals surface area contributed by atoms with Crippen LogP contribution in [0.15, 0.2) is 0 Å². The predicted octanol–water partition coefficient (Wildman–Crippen LogP) is -1.82. The van der Waals surface area contributed by atoms with Gasteiger partial charge in [-0.3, -0.25) is 0 Å². The van der Waals surface area contributed by atoms with Gasteiger partial charge in [0.2, 0.25) is 0 Å². The normalized spacial score (nSPS) is 42.2. The van der Waals surface area contributed by atoms with Crippen LogP contribution in [0.1, 0.15) is 13.8 Å². The molecule has 0 aromatic carbocycles. The Morgan fingerprint density at radius 2 is 1.93 bits per heavy atom. The van der Waals surface area contributed by atoms with Crippen LogP contribution in [0.4, 0.5) is 0 Å². The van der Waals surface area contributed by atoms with Gasteiger partial charge in [0.25, 0.3) is 0 Å². The Hall–Kier alpha value is -0.240. The van der Waals surface area contributed by atoms with E-state index in [1.807, 2.05) is 0 Å². The van der Waals surface area contributed by atoms with E-state index in [1.54, 1.807) is 13.8 Å². The van der Waals surface area contributed by atoms with E-state index in [-0.39, 0.29) is 12.7 Å². The third kappa shape index (κ3) is 2.87. The summed E-state index contributed by atoms with van der Waals surface area (Å²) in [6.45, 7) is 3.23. The maximum Gasteiger partial charge on any atom is 0.176 e. The zero-order valence-electron chi connectivity index (χ0n) is 8.91. The van der Waals surface area contributed by atoms with E-state index in [1.165, 1.54) is 0 Å². The number of aliphatic hydroxyl groups excluding tert-OH is 3. The van der Waals surface area contributed by atoms with Crippen LogP contribution in [0.3, 0.4) is 0 Å². The van der Waals surface area contributed by atoms with Gasteiger partial charge in [0, 0.05) is 0 Å². The zero-order valence-corrected chi connectivity index (χ0v) is 8.91. The predicted molar refractivity (Wildman–Crippen MR) is 52.0 cm³/mol. The van der Waals surface area contributed by atoms with Gasteiger partial charge < -0.3 is 30.5 Å². The summed E-state index contributed by atoms with van der Waals surface area (Å²) in [6.07, 6.45) is -4.11. The van der Waals surface area contributed by atoms with Crippen LogP contribution in [0.5, 0.6) is 0 Å². The van der Waals surface area contributed by atoms with Crippen molar-refractivity contribution >= 4 is 0 Å². The summed E-state index contributed by atoms with van der Waals surface area (Å²) in [6, 6.07) is -0.815. The molecule has 1 heterocycles. The van der Waals surface area contributed by atoms with Crippen molar-refractivity contribution in [2.45, 2.75) is 50.6 Å². The van der Waals surface area contributed by atoms with Crippen LogP contribution in [0.2, 0.25) is 0 Å². The maximum absolute atomic E-state index is 9.58. The van der Waals surface area contributed by atoms with Crippen molar-refractivity contribution in [3.63, 3.8) is 0 Å². The first-order valence-corrected chi connectivity index (χ1v) is 5.01. The molecule has 1 aliphatic rings. The summed E-state index contributed by atoms with van der Waals surface area (Å²) in [4.78, 5) is 0. The molecule has 15 heavy (non-hydrogen) atoms. The zero-order chi connectivity index (χ0) is 11.6. The number of aliphatic hydroxyl groups is 3. The highest BCUT2D eigenvalue weighted by molar-refractivity contribution is 4.91. The molecule has 5 atom stereocenters. The third-order valence-electron chi connectivity index (χ3n) is 2.33. The van der Waals surface area contributed by atoms with Gasteiger partial charge in [-0.2, -0.15) is 0 Å². The molecule has 1 rings (SSSR count). The largest absolute Gasteiger partial charge is 0.394 e. The van der Waals surface area contributed by atoms with Crippen molar-refractivity contribution in [2.75, 3.05) is 6.61 Å². The van der Waals surface area contributed by atoms with E-state index in [2.05, 4.69) is 0 Å². The highest BCUT2D eigenvalue weighted by Crippen LogP contribution is 2.21. The number of nitrogens with two attached hydrogens (primary N) is 1. The van der Waals surface area contributed by atoms with Gasteiger partial charge >= 0.3 is 0 Å². The van der Waals surface area contributed by atoms with E-state index in [4.69, 9.17) is 20.3 Å². The molecule has 2 unspecified atom stereocenters. The van der Waals surface area contributed by atoms with Crippen molar-refractivity contribution in [1.29, 1.82) is 0 Å². The molecule has 0 aromatic heterocycles. The van der Waals surface area contributed by atoms with Gasteiger partial charge in [0.15, 0.2) is 6.29 Å². The van der Waals surface area contributed by atoms with Crippen molar-refractivity contribution in [3.05, 3.63) is 0 Å². The molecule has 0 saturated carbocycles. The van der Waals surface area contributed by atoms with E-state index < -0.39 is 30.6 Å². The van der Waals surface area contributed by atoms with Crippen LogP contribution >= 0.6 is 0 Å². The van der Waals surface area contributed by atoms with Crippen molar-refractivity contribution in [2.24, 2.45) is 5.73 Å². The molecule has 0 amide bonds. The first-order valence-electron chi connectivity index (χ1n) is 5.01. The Kier molecular flexibility index (Phi) is 4.45. The van der Waals surface area contributed by atoms with E-state index in [9.17, 15) is 10.2 Å². The van der Waals surface area contributed by atoms with Crippen LogP contribution < -0.4 is 5.73 Å². The molecule has 0 aliphatic carbocycles. The molecule has 1 saturated heterocycles. The minimum absolute atomic E-state index is 0.108. The van der Waals surface area contributed by atoms with Crippen LogP contribution in [-0.4, -0.2) is 58.7 Å². The Morgan fingerprint density at radius 3 is 2.40 bits per heavy atom. The first kappa shape index (κ1) is 12.8. The number of rotatable bonds is 3. The summed E-state index contributed by atoms with van der Waals surface area (Å²) in [5.41, 5.74) is 5.64. The van der Waals surface area contributed by atoms with Crippen molar-refractivity contribution < 1.29 is 24.8 Å². The molecule has 0 spiro atoms. The second-order valence-electron chi connectivity index (χ2n) is 3.97. The van der Waals surface area contributed by atoms with Gasteiger partial charge in [-0.1, -0.05) is 0 Å². The molecule has 0 bridgehead atoms. The smallest absolute Gasteiger partial charge is 0.176 e. The van der Waals surface area contributed by atoms with Gasteiger partial charge in [0.1, 0.15) is 18.3 Å². The lowest BCUT2D eigenvalue weighted by molar-refractivity contribution is -0.274. The van der Waals surface area contributed by atoms with Gasteiger partial charge in [-0.05, 0) is 13.8 Å². The van der Waals surface area contributed by atoms with Gasteiger partial charge in [-0.25, -0.2) is 0 Å². The fourth-order valence-corrected chi connectivity index (χ4v) is 1.49. The standard InChI is InChI=1S/C9H19NO5/c1-4(2)14-9-6(10)8(13)7(12)5(3-11)15-9/h4-9,11-13H,3,10H2,1-2H3/t5-,6?,7+,8?,9-/m0/s1. The second kappa shape index (κ2) is 5.20. The summed E-state index contributed by atoms with van der Waals surface area (Å²) >= 11 is 0. The van der Waals surface area contributed by atoms with Crippen LogP contribution in [0, 0.1) is 0 Å². The summed E-state index contributed by atoms with van der Waals surface area (Å²) < 4.78 is 10.6. The molecular weight excluding hydrogens is 202 g/mol. The molecular formula is C9H19NO5. The van der Waals surface area contributed by atoms with Gasteiger partial charge in [0.05, 0.1) is 18.8 Å². The SMILES string of the molecule is CC(C)O[C@H]1O[C@@H](CO)[C@@H](O)C(O)C1N. The van der Waals surface area contributed by atoms with E-state index in [0.29, 0.717) is 0 Å². The Labute approximate surface area is 88.6 Å².